The van der Waals surface area contributed by atoms with Crippen LogP contribution in [0.4, 0.5) is 5.82 Å². The summed E-state index contributed by atoms with van der Waals surface area (Å²) >= 11 is 0. The summed E-state index contributed by atoms with van der Waals surface area (Å²) in [6, 6.07) is 2.02. The summed E-state index contributed by atoms with van der Waals surface area (Å²) < 4.78 is 5.83. The Bertz CT molecular complexity index is 555. The molecular weight excluding hydrogens is 254 g/mol. The standard InChI is InChI=1S/C14H17N5O/c1-11-8-13(18-10-17-11)19-6-2-12(3-7-19)20-14-9-15-4-5-16-14/h4-5,8-10,12H,2-3,6-7H2,1H3. The summed E-state index contributed by atoms with van der Waals surface area (Å²) in [6.45, 7) is 3.85. The van der Waals surface area contributed by atoms with Gasteiger partial charge in [-0.1, -0.05) is 0 Å². The summed E-state index contributed by atoms with van der Waals surface area (Å²) in [5.41, 5.74) is 0.993. The fraction of sp³-hybridized carbons (Fsp3) is 0.429. The van der Waals surface area contributed by atoms with Crippen LogP contribution in [0.15, 0.2) is 31.0 Å². The lowest BCUT2D eigenvalue weighted by Crippen LogP contribution is -2.38. The molecular formula is C14H17N5O. The van der Waals surface area contributed by atoms with Crippen molar-refractivity contribution in [1.82, 2.24) is 19.9 Å². The molecule has 0 unspecified atom stereocenters. The Labute approximate surface area is 117 Å². The molecule has 0 radical (unpaired) electrons. The maximum Gasteiger partial charge on any atom is 0.232 e. The quantitative estimate of drug-likeness (QED) is 0.845. The summed E-state index contributed by atoms with van der Waals surface area (Å²) in [7, 11) is 0. The van der Waals surface area contributed by atoms with E-state index in [1.165, 1.54) is 0 Å². The Hall–Kier alpha value is -2.24. The summed E-state index contributed by atoms with van der Waals surface area (Å²) in [6.07, 6.45) is 8.68. The minimum absolute atomic E-state index is 0.200. The van der Waals surface area contributed by atoms with Crippen LogP contribution in [0.3, 0.4) is 0 Å². The van der Waals surface area contributed by atoms with Gasteiger partial charge in [0.25, 0.3) is 0 Å². The fourth-order valence-corrected chi connectivity index (χ4v) is 2.33. The van der Waals surface area contributed by atoms with E-state index >= 15 is 0 Å². The highest BCUT2D eigenvalue weighted by atomic mass is 16.5. The van der Waals surface area contributed by atoms with Gasteiger partial charge in [0.05, 0.1) is 6.20 Å². The molecule has 0 N–H and O–H groups in total. The Morgan fingerprint density at radius 3 is 2.70 bits per heavy atom. The first kappa shape index (κ1) is 12.8. The molecule has 104 valence electrons. The number of hydrogen-bond acceptors (Lipinski definition) is 6. The van der Waals surface area contributed by atoms with E-state index in [0.29, 0.717) is 5.88 Å². The van der Waals surface area contributed by atoms with Crippen molar-refractivity contribution in [2.75, 3.05) is 18.0 Å². The van der Waals surface area contributed by atoms with E-state index in [1.54, 1.807) is 24.9 Å². The SMILES string of the molecule is Cc1cc(N2CCC(Oc3cnccn3)CC2)ncn1. The van der Waals surface area contributed by atoms with Gasteiger partial charge >= 0.3 is 0 Å². The van der Waals surface area contributed by atoms with Crippen molar-refractivity contribution in [2.45, 2.75) is 25.9 Å². The predicted molar refractivity (Wildman–Crippen MR) is 74.7 cm³/mol. The molecule has 0 spiro atoms. The van der Waals surface area contributed by atoms with Crippen LogP contribution in [0.5, 0.6) is 5.88 Å². The fourth-order valence-electron chi connectivity index (χ4n) is 2.33. The molecule has 0 aliphatic carbocycles. The average Bonchev–Trinajstić information content (AvgIpc) is 2.49. The second-order valence-electron chi connectivity index (χ2n) is 4.87. The second kappa shape index (κ2) is 5.81. The lowest BCUT2D eigenvalue weighted by Gasteiger charge is -2.32. The van der Waals surface area contributed by atoms with Crippen LogP contribution in [0.1, 0.15) is 18.5 Å². The molecule has 20 heavy (non-hydrogen) atoms. The molecule has 1 saturated heterocycles. The molecule has 0 atom stereocenters. The molecule has 0 aromatic carbocycles. The molecule has 1 aliphatic rings. The van der Waals surface area contributed by atoms with Crippen LogP contribution in [0, 0.1) is 6.92 Å². The minimum atomic E-state index is 0.200. The molecule has 2 aromatic heterocycles. The second-order valence-corrected chi connectivity index (χ2v) is 4.87. The summed E-state index contributed by atoms with van der Waals surface area (Å²) in [5.74, 6) is 1.60. The number of piperidine rings is 1. The van der Waals surface area contributed by atoms with Crippen molar-refractivity contribution in [3.63, 3.8) is 0 Å². The van der Waals surface area contributed by atoms with E-state index in [4.69, 9.17) is 4.74 Å². The molecule has 3 heterocycles. The largest absolute Gasteiger partial charge is 0.473 e. The highest BCUT2D eigenvalue weighted by molar-refractivity contribution is 5.39. The van der Waals surface area contributed by atoms with Crippen LogP contribution in [-0.2, 0) is 0 Å². The smallest absolute Gasteiger partial charge is 0.232 e. The van der Waals surface area contributed by atoms with Crippen LogP contribution in [-0.4, -0.2) is 39.1 Å². The number of anilines is 1. The first-order valence-corrected chi connectivity index (χ1v) is 6.77. The normalized spacial score (nSPS) is 16.1. The van der Waals surface area contributed by atoms with E-state index in [-0.39, 0.29) is 6.10 Å². The van der Waals surface area contributed by atoms with Gasteiger partial charge in [-0.15, -0.1) is 0 Å². The monoisotopic (exact) mass is 271 g/mol. The van der Waals surface area contributed by atoms with Crippen LogP contribution >= 0.6 is 0 Å². The Kier molecular flexibility index (Phi) is 3.71. The Balaban J connectivity index is 1.57. The molecule has 0 amide bonds. The summed E-state index contributed by atoms with van der Waals surface area (Å²) in [5, 5.41) is 0. The molecule has 0 bridgehead atoms. The van der Waals surface area contributed by atoms with E-state index in [1.807, 2.05) is 13.0 Å². The van der Waals surface area contributed by atoms with Crippen molar-refractivity contribution in [1.29, 1.82) is 0 Å². The number of rotatable bonds is 3. The Morgan fingerprint density at radius 1 is 1.15 bits per heavy atom. The Morgan fingerprint density at radius 2 is 2.00 bits per heavy atom. The number of nitrogens with zero attached hydrogens (tertiary/aromatic N) is 5. The maximum atomic E-state index is 5.83. The van der Waals surface area contributed by atoms with Gasteiger partial charge in [0.1, 0.15) is 18.2 Å². The van der Waals surface area contributed by atoms with E-state index < -0.39 is 0 Å². The third-order valence-corrected chi connectivity index (χ3v) is 3.38. The van der Waals surface area contributed by atoms with Gasteiger partial charge in [0, 0.05) is 50.1 Å². The summed E-state index contributed by atoms with van der Waals surface area (Å²) in [4.78, 5) is 18.9. The number of ether oxygens (including phenoxy) is 1. The predicted octanol–water partition coefficient (Wildman–Crippen LogP) is 1.62. The zero-order chi connectivity index (χ0) is 13.8. The van der Waals surface area contributed by atoms with Gasteiger partial charge in [-0.3, -0.25) is 4.98 Å². The first-order chi connectivity index (χ1) is 9.81. The molecule has 2 aromatic rings. The van der Waals surface area contributed by atoms with E-state index in [2.05, 4.69) is 24.8 Å². The van der Waals surface area contributed by atoms with Gasteiger partial charge in [0.15, 0.2) is 0 Å². The number of aromatic nitrogens is 4. The van der Waals surface area contributed by atoms with Gasteiger partial charge in [0.2, 0.25) is 5.88 Å². The zero-order valence-electron chi connectivity index (χ0n) is 11.4. The van der Waals surface area contributed by atoms with Crippen LogP contribution in [0.25, 0.3) is 0 Å². The van der Waals surface area contributed by atoms with Gasteiger partial charge < -0.3 is 9.64 Å². The average molecular weight is 271 g/mol. The highest BCUT2D eigenvalue weighted by Crippen LogP contribution is 2.20. The van der Waals surface area contributed by atoms with Gasteiger partial charge in [-0.05, 0) is 6.92 Å². The van der Waals surface area contributed by atoms with Crippen molar-refractivity contribution >= 4 is 5.82 Å². The van der Waals surface area contributed by atoms with Crippen molar-refractivity contribution in [2.24, 2.45) is 0 Å². The van der Waals surface area contributed by atoms with Crippen molar-refractivity contribution in [3.8, 4) is 5.88 Å². The molecule has 6 heteroatoms. The lowest BCUT2D eigenvalue weighted by atomic mass is 10.1. The molecule has 0 saturated carbocycles. The molecule has 6 nitrogen and oxygen atoms in total. The maximum absolute atomic E-state index is 5.83. The molecule has 1 fully saturated rings. The molecule has 1 aliphatic heterocycles. The van der Waals surface area contributed by atoms with E-state index in [9.17, 15) is 0 Å². The van der Waals surface area contributed by atoms with Crippen LogP contribution in [0.2, 0.25) is 0 Å². The van der Waals surface area contributed by atoms with Gasteiger partial charge in [-0.2, -0.15) is 0 Å². The van der Waals surface area contributed by atoms with E-state index in [0.717, 1.165) is 37.4 Å². The lowest BCUT2D eigenvalue weighted by molar-refractivity contribution is 0.163. The third kappa shape index (κ3) is 3.01. The number of hydrogen-bond donors (Lipinski definition) is 0. The van der Waals surface area contributed by atoms with Crippen LogP contribution < -0.4 is 9.64 Å². The molecule has 3 rings (SSSR count). The van der Waals surface area contributed by atoms with Crippen molar-refractivity contribution < 1.29 is 4.74 Å². The first-order valence-electron chi connectivity index (χ1n) is 6.77. The topological polar surface area (TPSA) is 64.0 Å². The highest BCUT2D eigenvalue weighted by Gasteiger charge is 2.21. The minimum Gasteiger partial charge on any atom is -0.473 e. The third-order valence-electron chi connectivity index (χ3n) is 3.38. The van der Waals surface area contributed by atoms with Gasteiger partial charge in [-0.25, -0.2) is 15.0 Å². The van der Waals surface area contributed by atoms with Crippen molar-refractivity contribution in [3.05, 3.63) is 36.7 Å². The zero-order valence-corrected chi connectivity index (χ0v) is 11.4. The number of aryl methyl sites for hydroxylation is 1.